The van der Waals surface area contributed by atoms with Gasteiger partial charge in [-0.3, -0.25) is 4.79 Å². The maximum absolute atomic E-state index is 12.1. The first-order valence-corrected chi connectivity index (χ1v) is 6.71. The van der Waals surface area contributed by atoms with E-state index < -0.39 is 0 Å². The molecule has 98 valence electrons. The molecular formula is C15H21NO2. The maximum atomic E-state index is 12.1. The van der Waals surface area contributed by atoms with Crippen LogP contribution in [0.15, 0.2) is 30.3 Å². The van der Waals surface area contributed by atoms with Crippen molar-refractivity contribution in [3.05, 3.63) is 35.9 Å². The van der Waals surface area contributed by atoms with Crippen molar-refractivity contribution in [2.24, 2.45) is 0 Å². The lowest BCUT2D eigenvalue weighted by molar-refractivity contribution is -0.139. The second-order valence-electron chi connectivity index (χ2n) is 4.95. The molecule has 1 aromatic rings. The summed E-state index contributed by atoms with van der Waals surface area (Å²) in [6, 6.07) is 10.4. The molecule has 1 saturated heterocycles. The predicted molar refractivity (Wildman–Crippen MR) is 71.0 cm³/mol. The number of benzene rings is 1. The van der Waals surface area contributed by atoms with Gasteiger partial charge in [-0.1, -0.05) is 30.3 Å². The number of hydrogen-bond acceptors (Lipinski definition) is 2. The molecule has 0 aromatic heterocycles. The van der Waals surface area contributed by atoms with Crippen LogP contribution in [0.5, 0.6) is 0 Å². The molecule has 1 aliphatic rings. The Morgan fingerprint density at radius 1 is 1.39 bits per heavy atom. The lowest BCUT2D eigenvalue weighted by Gasteiger charge is -2.40. The van der Waals surface area contributed by atoms with Crippen molar-refractivity contribution in [1.29, 1.82) is 0 Å². The number of likely N-dealkylation sites (tertiary alicyclic amines) is 1. The molecule has 2 atom stereocenters. The highest BCUT2D eigenvalue weighted by Gasteiger charge is 2.31. The zero-order valence-corrected chi connectivity index (χ0v) is 10.9. The summed E-state index contributed by atoms with van der Waals surface area (Å²) in [5, 5.41) is 9.14. The first kappa shape index (κ1) is 13.1. The number of hydrogen-bond donors (Lipinski definition) is 1. The molecule has 0 aliphatic carbocycles. The smallest absolute Gasteiger partial charge is 0.223 e. The molecule has 1 aliphatic heterocycles. The van der Waals surface area contributed by atoms with Gasteiger partial charge in [0, 0.05) is 19.1 Å². The van der Waals surface area contributed by atoms with Gasteiger partial charge < -0.3 is 10.0 Å². The minimum absolute atomic E-state index is 0.0931. The van der Waals surface area contributed by atoms with E-state index in [1.165, 1.54) is 0 Å². The van der Waals surface area contributed by atoms with Gasteiger partial charge in [-0.15, -0.1) is 0 Å². The molecule has 1 aromatic carbocycles. The third kappa shape index (κ3) is 2.72. The zero-order valence-electron chi connectivity index (χ0n) is 10.9. The molecule has 3 heteroatoms. The fourth-order valence-corrected chi connectivity index (χ4v) is 2.82. The van der Waals surface area contributed by atoms with Crippen molar-refractivity contribution >= 4 is 5.91 Å². The second kappa shape index (κ2) is 6.01. The highest BCUT2D eigenvalue weighted by Crippen LogP contribution is 2.30. The summed E-state index contributed by atoms with van der Waals surface area (Å²) in [5.74, 6) is 0.219. The van der Waals surface area contributed by atoms with Crippen molar-refractivity contribution in [3.63, 3.8) is 0 Å². The topological polar surface area (TPSA) is 40.5 Å². The van der Waals surface area contributed by atoms with Gasteiger partial charge in [0.05, 0.1) is 6.04 Å². The number of carbonyl (C=O) groups excluding carboxylic acids is 1. The van der Waals surface area contributed by atoms with E-state index in [1.54, 1.807) is 0 Å². The van der Waals surface area contributed by atoms with Crippen LogP contribution < -0.4 is 0 Å². The molecule has 18 heavy (non-hydrogen) atoms. The number of amides is 1. The molecule has 0 spiro atoms. The standard InChI is InChI=1S/C15H21NO2/c1-12(13-6-3-2-4-7-13)16-14(10-11-17)8-5-9-15(16)18/h2-4,6-7,12,14,17H,5,8-11H2,1H3/t12-,14-/m0/s1. The minimum Gasteiger partial charge on any atom is -0.396 e. The largest absolute Gasteiger partial charge is 0.396 e. The molecule has 3 nitrogen and oxygen atoms in total. The quantitative estimate of drug-likeness (QED) is 0.888. The Morgan fingerprint density at radius 2 is 2.11 bits per heavy atom. The number of rotatable bonds is 4. The molecule has 0 saturated carbocycles. The number of aliphatic hydroxyl groups excluding tert-OH is 1. The SMILES string of the molecule is C[C@@H](c1ccccc1)N1C(=O)CCC[C@H]1CCO. The van der Waals surface area contributed by atoms with E-state index in [0.717, 1.165) is 18.4 Å². The normalized spacial score (nSPS) is 22.0. The second-order valence-corrected chi connectivity index (χ2v) is 4.95. The average Bonchev–Trinajstić information content (AvgIpc) is 2.40. The van der Waals surface area contributed by atoms with Gasteiger partial charge in [0.25, 0.3) is 0 Å². The monoisotopic (exact) mass is 247 g/mol. The molecule has 0 unspecified atom stereocenters. The number of carbonyl (C=O) groups is 1. The first-order chi connectivity index (χ1) is 8.74. The number of piperidine rings is 1. The van der Waals surface area contributed by atoms with Gasteiger partial charge in [0.1, 0.15) is 0 Å². The lowest BCUT2D eigenvalue weighted by Crippen LogP contribution is -2.45. The Labute approximate surface area is 108 Å². The Balaban J connectivity index is 2.19. The van der Waals surface area contributed by atoms with E-state index in [4.69, 9.17) is 5.11 Å². The Kier molecular flexibility index (Phi) is 4.37. The number of nitrogens with zero attached hydrogens (tertiary/aromatic N) is 1. The van der Waals surface area contributed by atoms with Gasteiger partial charge in [-0.05, 0) is 31.7 Å². The third-order valence-corrected chi connectivity index (χ3v) is 3.77. The Morgan fingerprint density at radius 3 is 2.78 bits per heavy atom. The summed E-state index contributed by atoms with van der Waals surface area (Å²) < 4.78 is 0. The van der Waals surface area contributed by atoms with Crippen molar-refractivity contribution in [2.75, 3.05) is 6.61 Å². The van der Waals surface area contributed by atoms with Crippen molar-refractivity contribution in [1.82, 2.24) is 4.90 Å². The lowest BCUT2D eigenvalue weighted by atomic mass is 9.95. The van der Waals surface area contributed by atoms with Gasteiger partial charge in [0.15, 0.2) is 0 Å². The fourth-order valence-electron chi connectivity index (χ4n) is 2.82. The van der Waals surface area contributed by atoms with E-state index in [2.05, 4.69) is 19.1 Å². The summed E-state index contributed by atoms with van der Waals surface area (Å²) >= 11 is 0. The average molecular weight is 247 g/mol. The van der Waals surface area contributed by atoms with Crippen LogP contribution in [-0.2, 0) is 4.79 Å². The third-order valence-electron chi connectivity index (χ3n) is 3.77. The van der Waals surface area contributed by atoms with Crippen LogP contribution in [0.1, 0.15) is 44.2 Å². The van der Waals surface area contributed by atoms with Crippen molar-refractivity contribution in [3.8, 4) is 0 Å². The van der Waals surface area contributed by atoms with Gasteiger partial charge in [0.2, 0.25) is 5.91 Å². The van der Waals surface area contributed by atoms with Crippen molar-refractivity contribution < 1.29 is 9.90 Å². The summed E-state index contributed by atoms with van der Waals surface area (Å²) in [7, 11) is 0. The van der Waals surface area contributed by atoms with Crippen LogP contribution in [0.3, 0.4) is 0 Å². The molecule has 1 N–H and O–H groups in total. The summed E-state index contributed by atoms with van der Waals surface area (Å²) in [4.78, 5) is 14.1. The summed E-state index contributed by atoms with van der Waals surface area (Å²) in [6.07, 6.45) is 3.27. The molecule has 0 radical (unpaired) electrons. The summed E-state index contributed by atoms with van der Waals surface area (Å²) in [5.41, 5.74) is 1.16. The summed E-state index contributed by atoms with van der Waals surface area (Å²) in [6.45, 7) is 2.22. The van der Waals surface area contributed by atoms with Crippen LogP contribution in [0.25, 0.3) is 0 Å². The van der Waals surface area contributed by atoms with E-state index in [9.17, 15) is 4.79 Å². The van der Waals surface area contributed by atoms with E-state index in [1.807, 2.05) is 23.1 Å². The number of aliphatic hydroxyl groups is 1. The van der Waals surface area contributed by atoms with Crippen LogP contribution >= 0.6 is 0 Å². The van der Waals surface area contributed by atoms with Crippen LogP contribution in [0.4, 0.5) is 0 Å². The Hall–Kier alpha value is -1.35. The molecule has 2 rings (SSSR count). The van der Waals surface area contributed by atoms with E-state index in [-0.39, 0.29) is 24.6 Å². The highest BCUT2D eigenvalue weighted by molar-refractivity contribution is 5.77. The zero-order chi connectivity index (χ0) is 13.0. The minimum atomic E-state index is 0.0931. The molecule has 0 bridgehead atoms. The van der Waals surface area contributed by atoms with Gasteiger partial charge in [-0.2, -0.15) is 0 Å². The molecule has 1 heterocycles. The maximum Gasteiger partial charge on any atom is 0.223 e. The van der Waals surface area contributed by atoms with Crippen LogP contribution in [0.2, 0.25) is 0 Å². The first-order valence-electron chi connectivity index (χ1n) is 6.71. The molecule has 1 amide bonds. The van der Waals surface area contributed by atoms with Gasteiger partial charge >= 0.3 is 0 Å². The van der Waals surface area contributed by atoms with Gasteiger partial charge in [-0.25, -0.2) is 0 Å². The fraction of sp³-hybridized carbons (Fsp3) is 0.533. The molecular weight excluding hydrogens is 226 g/mol. The predicted octanol–water partition coefficient (Wildman–Crippen LogP) is 2.51. The Bertz CT molecular complexity index is 389. The van der Waals surface area contributed by atoms with E-state index in [0.29, 0.717) is 12.8 Å². The van der Waals surface area contributed by atoms with E-state index >= 15 is 0 Å². The molecule has 1 fully saturated rings. The highest BCUT2D eigenvalue weighted by atomic mass is 16.3. The van der Waals surface area contributed by atoms with Crippen LogP contribution in [-0.4, -0.2) is 28.6 Å². The van der Waals surface area contributed by atoms with Crippen molar-refractivity contribution in [2.45, 2.75) is 44.7 Å². The van der Waals surface area contributed by atoms with Crippen LogP contribution in [0, 0.1) is 0 Å².